The SMILES string of the molecule is C=Nc1cnccc1C(=C)Cl. The third-order valence-electron chi connectivity index (χ3n) is 1.26. The van der Waals surface area contributed by atoms with Crippen LogP contribution in [0.25, 0.3) is 5.03 Å². The van der Waals surface area contributed by atoms with Gasteiger partial charge in [0.25, 0.3) is 0 Å². The Morgan fingerprint density at radius 2 is 2.36 bits per heavy atom. The van der Waals surface area contributed by atoms with E-state index in [0.717, 1.165) is 5.56 Å². The maximum Gasteiger partial charge on any atom is 0.0892 e. The van der Waals surface area contributed by atoms with E-state index in [4.69, 9.17) is 11.6 Å². The van der Waals surface area contributed by atoms with Gasteiger partial charge in [0.2, 0.25) is 0 Å². The summed E-state index contributed by atoms with van der Waals surface area (Å²) in [5.41, 5.74) is 1.43. The lowest BCUT2D eigenvalue weighted by molar-refractivity contribution is 1.30. The fraction of sp³-hybridized carbons (Fsp3) is 0. The van der Waals surface area contributed by atoms with E-state index < -0.39 is 0 Å². The summed E-state index contributed by atoms with van der Waals surface area (Å²) < 4.78 is 0. The van der Waals surface area contributed by atoms with Gasteiger partial charge in [0.15, 0.2) is 0 Å². The first-order valence-corrected chi connectivity index (χ1v) is 3.39. The predicted octanol–water partition coefficient (Wildman–Crippen LogP) is 2.62. The van der Waals surface area contributed by atoms with Crippen LogP contribution >= 0.6 is 11.6 Å². The zero-order chi connectivity index (χ0) is 8.27. The molecule has 0 fully saturated rings. The van der Waals surface area contributed by atoms with Crippen LogP contribution in [0.15, 0.2) is 30.0 Å². The maximum atomic E-state index is 5.68. The Kier molecular flexibility index (Phi) is 2.39. The summed E-state index contributed by atoms with van der Waals surface area (Å²) in [6.45, 7) is 6.97. The van der Waals surface area contributed by atoms with Gasteiger partial charge in [0.05, 0.1) is 11.9 Å². The number of rotatable bonds is 2. The van der Waals surface area contributed by atoms with Crippen LogP contribution < -0.4 is 0 Å². The molecule has 1 rings (SSSR count). The first-order valence-electron chi connectivity index (χ1n) is 3.01. The van der Waals surface area contributed by atoms with Crippen molar-refractivity contribution in [3.8, 4) is 0 Å². The van der Waals surface area contributed by atoms with Crippen LogP contribution in [0.5, 0.6) is 0 Å². The van der Waals surface area contributed by atoms with Crippen molar-refractivity contribution in [2.45, 2.75) is 0 Å². The van der Waals surface area contributed by atoms with Crippen molar-refractivity contribution in [2.24, 2.45) is 4.99 Å². The van der Waals surface area contributed by atoms with E-state index in [9.17, 15) is 0 Å². The van der Waals surface area contributed by atoms with Crippen molar-refractivity contribution in [1.82, 2.24) is 4.98 Å². The molecule has 0 atom stereocenters. The Bertz CT molecular complexity index is 294. The molecule has 0 saturated heterocycles. The lowest BCUT2D eigenvalue weighted by Gasteiger charge is -1.99. The molecule has 2 nitrogen and oxygen atoms in total. The molecule has 0 aromatic carbocycles. The molecule has 0 aliphatic heterocycles. The maximum absolute atomic E-state index is 5.68. The van der Waals surface area contributed by atoms with Gasteiger partial charge in [-0.15, -0.1) is 0 Å². The summed E-state index contributed by atoms with van der Waals surface area (Å²) >= 11 is 5.68. The van der Waals surface area contributed by atoms with E-state index in [2.05, 4.69) is 23.3 Å². The van der Waals surface area contributed by atoms with Gasteiger partial charge in [-0.05, 0) is 12.8 Å². The molecule has 56 valence electrons. The minimum absolute atomic E-state index is 0.454. The van der Waals surface area contributed by atoms with Gasteiger partial charge in [0, 0.05) is 16.8 Å². The van der Waals surface area contributed by atoms with Gasteiger partial charge >= 0.3 is 0 Å². The van der Waals surface area contributed by atoms with Crippen molar-refractivity contribution < 1.29 is 0 Å². The lowest BCUT2D eigenvalue weighted by Crippen LogP contribution is -1.78. The second kappa shape index (κ2) is 3.30. The van der Waals surface area contributed by atoms with Crippen molar-refractivity contribution in [1.29, 1.82) is 0 Å². The number of pyridine rings is 1. The predicted molar refractivity (Wildman–Crippen MR) is 48.3 cm³/mol. The highest BCUT2D eigenvalue weighted by Gasteiger charge is 2.00. The minimum atomic E-state index is 0.454. The smallest absolute Gasteiger partial charge is 0.0892 e. The van der Waals surface area contributed by atoms with E-state index in [0.29, 0.717) is 10.7 Å². The zero-order valence-corrected chi connectivity index (χ0v) is 6.67. The first kappa shape index (κ1) is 7.95. The highest BCUT2D eigenvalue weighted by Crippen LogP contribution is 2.25. The normalized spacial score (nSPS) is 9.18. The van der Waals surface area contributed by atoms with Gasteiger partial charge in [-0.25, -0.2) is 0 Å². The summed E-state index contributed by atoms with van der Waals surface area (Å²) in [6.07, 6.45) is 3.23. The average Bonchev–Trinajstić information content (AvgIpc) is 2.04. The molecular weight excluding hydrogens is 160 g/mol. The highest BCUT2D eigenvalue weighted by molar-refractivity contribution is 6.48. The van der Waals surface area contributed by atoms with Crippen molar-refractivity contribution >= 4 is 29.0 Å². The van der Waals surface area contributed by atoms with E-state index >= 15 is 0 Å². The summed E-state index contributed by atoms with van der Waals surface area (Å²) in [4.78, 5) is 7.60. The monoisotopic (exact) mass is 166 g/mol. The summed E-state index contributed by atoms with van der Waals surface area (Å²) in [7, 11) is 0. The number of hydrogen-bond donors (Lipinski definition) is 0. The Labute approximate surface area is 70.3 Å². The van der Waals surface area contributed by atoms with Gasteiger partial charge < -0.3 is 0 Å². The number of hydrogen-bond acceptors (Lipinski definition) is 2. The molecule has 1 heterocycles. The lowest BCUT2D eigenvalue weighted by atomic mass is 10.2. The summed E-state index contributed by atoms with van der Waals surface area (Å²) in [6, 6.07) is 1.75. The van der Waals surface area contributed by atoms with Gasteiger partial charge in [-0.3, -0.25) is 9.98 Å². The van der Waals surface area contributed by atoms with E-state index in [-0.39, 0.29) is 0 Å². The molecule has 0 unspecified atom stereocenters. The minimum Gasteiger partial charge on any atom is -0.262 e. The number of aromatic nitrogens is 1. The van der Waals surface area contributed by atoms with Crippen LogP contribution in [0.1, 0.15) is 5.56 Å². The molecule has 0 bridgehead atoms. The number of nitrogens with zero attached hydrogens (tertiary/aromatic N) is 2. The summed E-state index contributed by atoms with van der Waals surface area (Å²) in [5, 5.41) is 0.454. The fourth-order valence-corrected chi connectivity index (χ4v) is 0.901. The Balaban J connectivity index is 3.22. The van der Waals surface area contributed by atoms with E-state index in [1.54, 1.807) is 18.5 Å². The molecule has 1 aromatic rings. The van der Waals surface area contributed by atoms with Crippen LogP contribution in [-0.2, 0) is 0 Å². The third kappa shape index (κ3) is 1.65. The van der Waals surface area contributed by atoms with Crippen molar-refractivity contribution in [3.63, 3.8) is 0 Å². The van der Waals surface area contributed by atoms with Crippen LogP contribution in [0.2, 0.25) is 0 Å². The number of aliphatic imine (C=N–C) groups is 1. The van der Waals surface area contributed by atoms with Crippen LogP contribution in [0, 0.1) is 0 Å². The topological polar surface area (TPSA) is 25.2 Å². The molecule has 11 heavy (non-hydrogen) atoms. The van der Waals surface area contributed by atoms with Crippen LogP contribution in [0.4, 0.5) is 5.69 Å². The molecular formula is C8H7ClN2. The van der Waals surface area contributed by atoms with Gasteiger partial charge in [-0.2, -0.15) is 0 Å². The van der Waals surface area contributed by atoms with E-state index in [1.807, 2.05) is 0 Å². The zero-order valence-electron chi connectivity index (χ0n) is 5.92. The van der Waals surface area contributed by atoms with Crippen LogP contribution in [-0.4, -0.2) is 11.7 Å². The fourth-order valence-electron chi connectivity index (χ4n) is 0.742. The van der Waals surface area contributed by atoms with Crippen LogP contribution in [0.3, 0.4) is 0 Å². The first-order chi connectivity index (χ1) is 5.25. The molecule has 0 N–H and O–H groups in total. The molecule has 0 amide bonds. The van der Waals surface area contributed by atoms with Gasteiger partial charge in [0.1, 0.15) is 0 Å². The standard InChI is InChI=1S/C8H7ClN2/c1-6(9)7-3-4-11-5-8(7)10-2/h3-5H,1-2H2. The Morgan fingerprint density at radius 3 is 2.82 bits per heavy atom. The quantitative estimate of drug-likeness (QED) is 0.620. The second-order valence-corrected chi connectivity index (χ2v) is 2.41. The summed E-state index contributed by atoms with van der Waals surface area (Å²) in [5.74, 6) is 0. The molecule has 0 aliphatic carbocycles. The van der Waals surface area contributed by atoms with E-state index in [1.165, 1.54) is 0 Å². The highest BCUT2D eigenvalue weighted by atomic mass is 35.5. The third-order valence-corrected chi connectivity index (χ3v) is 1.47. The average molecular weight is 167 g/mol. The molecule has 0 spiro atoms. The molecule has 1 aromatic heterocycles. The largest absolute Gasteiger partial charge is 0.262 e. The number of halogens is 1. The van der Waals surface area contributed by atoms with Gasteiger partial charge in [-0.1, -0.05) is 18.2 Å². The van der Waals surface area contributed by atoms with Crippen molar-refractivity contribution in [2.75, 3.05) is 0 Å². The molecule has 0 aliphatic rings. The Morgan fingerprint density at radius 1 is 1.64 bits per heavy atom. The molecule has 0 radical (unpaired) electrons. The Hall–Kier alpha value is -1.15. The van der Waals surface area contributed by atoms with Crippen molar-refractivity contribution in [3.05, 3.63) is 30.6 Å². The molecule has 3 heteroatoms. The molecule has 0 saturated carbocycles. The second-order valence-electron chi connectivity index (χ2n) is 1.96.